The zero-order valence-corrected chi connectivity index (χ0v) is 12.9. The Morgan fingerprint density at radius 1 is 0.789 bits per heavy atom. The van der Waals surface area contributed by atoms with Crippen molar-refractivity contribution in [2.45, 2.75) is 39.5 Å². The Kier molecular flexibility index (Phi) is 5.61. The van der Waals surface area contributed by atoms with Crippen LogP contribution >= 0.6 is 8.58 Å². The van der Waals surface area contributed by atoms with E-state index in [0.717, 1.165) is 8.58 Å². The lowest BCUT2D eigenvalue weighted by molar-refractivity contribution is 0.866. The van der Waals surface area contributed by atoms with E-state index < -0.39 is 0 Å². The molecular weight excluding hydrogens is 247 g/mol. The van der Waals surface area contributed by atoms with Crippen LogP contribution in [0.1, 0.15) is 37.8 Å². The van der Waals surface area contributed by atoms with Gasteiger partial charge in [-0.1, -0.05) is 83.8 Å². The Hall–Kier alpha value is -1.13. The van der Waals surface area contributed by atoms with Gasteiger partial charge in [0, 0.05) is 0 Å². The standard InChI is InChI=1S/C18H23P/c1-3-9-15-11-8-14-18(17(15)10-4-2)19-16-12-6-5-7-13-16/h5-8,11-14,19H,3-4,9-10H2,1-2H3. The minimum Gasteiger partial charge on any atom is -0.0651 e. The van der Waals surface area contributed by atoms with Gasteiger partial charge < -0.3 is 0 Å². The van der Waals surface area contributed by atoms with E-state index in [1.165, 1.54) is 31.0 Å². The van der Waals surface area contributed by atoms with Crippen molar-refractivity contribution in [2.24, 2.45) is 0 Å². The molecule has 0 heterocycles. The van der Waals surface area contributed by atoms with Crippen LogP contribution in [-0.4, -0.2) is 0 Å². The Morgan fingerprint density at radius 3 is 2.21 bits per heavy atom. The molecule has 1 heteroatoms. The molecule has 0 N–H and O–H groups in total. The van der Waals surface area contributed by atoms with Gasteiger partial charge in [-0.15, -0.1) is 0 Å². The molecule has 2 rings (SSSR count). The zero-order chi connectivity index (χ0) is 13.5. The normalized spacial score (nSPS) is 11.3. The van der Waals surface area contributed by atoms with E-state index >= 15 is 0 Å². The predicted molar refractivity (Wildman–Crippen MR) is 88.5 cm³/mol. The van der Waals surface area contributed by atoms with Gasteiger partial charge in [-0.2, -0.15) is 0 Å². The summed E-state index contributed by atoms with van der Waals surface area (Å²) in [4.78, 5) is 0. The highest BCUT2D eigenvalue weighted by molar-refractivity contribution is 7.55. The fourth-order valence-electron chi connectivity index (χ4n) is 2.48. The third kappa shape index (κ3) is 3.91. The first-order valence-corrected chi connectivity index (χ1v) is 8.28. The highest BCUT2D eigenvalue weighted by Crippen LogP contribution is 2.19. The summed E-state index contributed by atoms with van der Waals surface area (Å²) in [6.07, 6.45) is 4.88. The summed E-state index contributed by atoms with van der Waals surface area (Å²) in [5.41, 5.74) is 3.17. The molecule has 0 aliphatic rings. The van der Waals surface area contributed by atoms with Crippen molar-refractivity contribution in [3.8, 4) is 0 Å². The maximum Gasteiger partial charge on any atom is -0.0192 e. The summed E-state index contributed by atoms with van der Waals surface area (Å²) in [6, 6.07) is 17.7. The van der Waals surface area contributed by atoms with Gasteiger partial charge in [-0.05, 0) is 34.6 Å². The van der Waals surface area contributed by atoms with Crippen molar-refractivity contribution in [3.05, 3.63) is 59.7 Å². The second kappa shape index (κ2) is 7.46. The van der Waals surface area contributed by atoms with E-state index in [4.69, 9.17) is 0 Å². The molecule has 0 spiro atoms. The maximum atomic E-state index is 2.32. The summed E-state index contributed by atoms with van der Waals surface area (Å²) in [5, 5.41) is 2.98. The zero-order valence-electron chi connectivity index (χ0n) is 11.9. The van der Waals surface area contributed by atoms with E-state index in [9.17, 15) is 0 Å². The van der Waals surface area contributed by atoms with Crippen molar-refractivity contribution in [2.75, 3.05) is 0 Å². The third-order valence-electron chi connectivity index (χ3n) is 3.35. The predicted octanol–water partition coefficient (Wildman–Crippen LogP) is 4.22. The van der Waals surface area contributed by atoms with Crippen LogP contribution in [0.25, 0.3) is 0 Å². The second-order valence-electron chi connectivity index (χ2n) is 4.93. The van der Waals surface area contributed by atoms with Crippen molar-refractivity contribution in [1.29, 1.82) is 0 Å². The first-order valence-electron chi connectivity index (χ1n) is 7.28. The fraction of sp³-hybridized carbons (Fsp3) is 0.333. The van der Waals surface area contributed by atoms with Gasteiger partial charge in [0.1, 0.15) is 0 Å². The van der Waals surface area contributed by atoms with Gasteiger partial charge >= 0.3 is 0 Å². The van der Waals surface area contributed by atoms with Crippen LogP contribution < -0.4 is 10.6 Å². The van der Waals surface area contributed by atoms with Gasteiger partial charge in [-0.25, -0.2) is 0 Å². The molecule has 0 amide bonds. The van der Waals surface area contributed by atoms with Crippen molar-refractivity contribution in [1.82, 2.24) is 0 Å². The van der Waals surface area contributed by atoms with Gasteiger partial charge in [0.05, 0.1) is 0 Å². The molecule has 19 heavy (non-hydrogen) atoms. The van der Waals surface area contributed by atoms with Crippen LogP contribution in [0, 0.1) is 0 Å². The molecule has 0 aromatic heterocycles. The summed E-state index contributed by atoms with van der Waals surface area (Å²) >= 11 is 0. The molecule has 0 aliphatic heterocycles. The van der Waals surface area contributed by atoms with Crippen molar-refractivity contribution >= 4 is 19.2 Å². The van der Waals surface area contributed by atoms with Gasteiger partial charge in [0.25, 0.3) is 0 Å². The summed E-state index contributed by atoms with van der Waals surface area (Å²) in [7, 11) is 0.786. The lowest BCUT2D eigenvalue weighted by Gasteiger charge is -2.14. The van der Waals surface area contributed by atoms with Gasteiger partial charge in [0.2, 0.25) is 0 Å². The van der Waals surface area contributed by atoms with Crippen LogP contribution in [-0.2, 0) is 12.8 Å². The Morgan fingerprint density at radius 2 is 1.53 bits per heavy atom. The van der Waals surface area contributed by atoms with Crippen LogP contribution in [0.3, 0.4) is 0 Å². The molecule has 0 saturated carbocycles. The van der Waals surface area contributed by atoms with E-state index in [0.29, 0.717) is 0 Å². The number of aryl methyl sites for hydroxylation is 1. The Balaban J connectivity index is 2.30. The van der Waals surface area contributed by atoms with E-state index in [-0.39, 0.29) is 0 Å². The first kappa shape index (κ1) is 14.3. The molecular formula is C18H23P. The van der Waals surface area contributed by atoms with E-state index in [1.807, 2.05) is 0 Å². The van der Waals surface area contributed by atoms with Gasteiger partial charge in [-0.3, -0.25) is 0 Å². The monoisotopic (exact) mass is 270 g/mol. The molecule has 0 aliphatic carbocycles. The molecule has 0 fully saturated rings. The minimum absolute atomic E-state index is 0.786. The summed E-state index contributed by atoms with van der Waals surface area (Å²) < 4.78 is 0. The average molecular weight is 270 g/mol. The topological polar surface area (TPSA) is 0 Å². The molecule has 0 bridgehead atoms. The summed E-state index contributed by atoms with van der Waals surface area (Å²) in [5.74, 6) is 0. The molecule has 100 valence electrons. The molecule has 0 saturated heterocycles. The van der Waals surface area contributed by atoms with E-state index in [1.54, 1.807) is 16.4 Å². The third-order valence-corrected chi connectivity index (χ3v) is 4.70. The number of benzene rings is 2. The molecule has 0 nitrogen and oxygen atoms in total. The lowest BCUT2D eigenvalue weighted by Crippen LogP contribution is -2.12. The SMILES string of the molecule is CCCc1cccc(Pc2ccccc2)c1CCC. The van der Waals surface area contributed by atoms with Crippen LogP contribution in [0.5, 0.6) is 0 Å². The van der Waals surface area contributed by atoms with Gasteiger partial charge in [0.15, 0.2) is 0 Å². The number of rotatable bonds is 6. The summed E-state index contributed by atoms with van der Waals surface area (Å²) in [6.45, 7) is 4.54. The molecule has 1 unspecified atom stereocenters. The minimum atomic E-state index is 0.786. The van der Waals surface area contributed by atoms with Crippen molar-refractivity contribution in [3.63, 3.8) is 0 Å². The maximum absolute atomic E-state index is 2.32. The quantitative estimate of drug-likeness (QED) is 0.689. The highest BCUT2D eigenvalue weighted by atomic mass is 31.1. The highest BCUT2D eigenvalue weighted by Gasteiger charge is 2.07. The molecule has 1 atom stereocenters. The van der Waals surface area contributed by atoms with E-state index in [2.05, 4.69) is 62.4 Å². The van der Waals surface area contributed by atoms with Crippen LogP contribution in [0.4, 0.5) is 0 Å². The van der Waals surface area contributed by atoms with Crippen LogP contribution in [0.2, 0.25) is 0 Å². The number of hydrogen-bond acceptors (Lipinski definition) is 0. The smallest absolute Gasteiger partial charge is 0.0192 e. The molecule has 2 aromatic carbocycles. The van der Waals surface area contributed by atoms with Crippen molar-refractivity contribution < 1.29 is 0 Å². The Labute approximate surface area is 119 Å². The Bertz CT molecular complexity index is 502. The average Bonchev–Trinajstić information content (AvgIpc) is 2.44. The lowest BCUT2D eigenvalue weighted by atomic mass is 10.00. The first-order chi connectivity index (χ1) is 9.35. The molecule has 2 aromatic rings. The molecule has 0 radical (unpaired) electrons. The number of hydrogen-bond donors (Lipinski definition) is 0. The largest absolute Gasteiger partial charge is 0.0651 e. The second-order valence-corrected chi connectivity index (χ2v) is 6.30. The fourth-order valence-corrected chi connectivity index (χ4v) is 3.76. The van der Waals surface area contributed by atoms with Crippen LogP contribution in [0.15, 0.2) is 48.5 Å².